The second-order valence-electron chi connectivity index (χ2n) is 8.99. The minimum absolute atomic E-state index is 0.0956. The second-order valence-corrected chi connectivity index (χ2v) is 10.8. The summed E-state index contributed by atoms with van der Waals surface area (Å²) in [5.41, 5.74) is 2.57. The lowest BCUT2D eigenvalue weighted by atomic mass is 10.0. The predicted molar refractivity (Wildman–Crippen MR) is 120 cm³/mol. The van der Waals surface area contributed by atoms with Gasteiger partial charge in [0.2, 0.25) is 10.0 Å². The summed E-state index contributed by atoms with van der Waals surface area (Å²) in [6.45, 7) is 6.41. The maximum Gasteiger partial charge on any atom is 0.309 e. The number of sulfonamides is 1. The summed E-state index contributed by atoms with van der Waals surface area (Å²) in [6.07, 6.45) is 7.04. The quantitative estimate of drug-likeness (QED) is 0.653. The van der Waals surface area contributed by atoms with Crippen molar-refractivity contribution in [2.75, 3.05) is 13.1 Å². The number of piperidine rings is 1. The number of hydrogen-bond acceptors (Lipinski definition) is 4. The molecule has 1 unspecified atom stereocenters. The fourth-order valence-electron chi connectivity index (χ4n) is 5.02. The van der Waals surface area contributed by atoms with Crippen LogP contribution in [-0.4, -0.2) is 49.7 Å². The molecule has 8 heteroatoms. The fraction of sp³-hybridized carbons (Fsp3) is 0.652. The Hall–Kier alpha value is -1.93. The van der Waals surface area contributed by atoms with Crippen LogP contribution >= 0.6 is 0 Å². The van der Waals surface area contributed by atoms with Crippen LogP contribution in [0.25, 0.3) is 0 Å². The minimum atomic E-state index is -3.63. The van der Waals surface area contributed by atoms with Crippen LogP contribution < -0.4 is 10.6 Å². The van der Waals surface area contributed by atoms with E-state index in [2.05, 4.69) is 10.6 Å². The molecule has 31 heavy (non-hydrogen) atoms. The van der Waals surface area contributed by atoms with E-state index in [1.54, 1.807) is 4.31 Å². The number of aryl methyl sites for hydroxylation is 3. The Morgan fingerprint density at radius 3 is 2.23 bits per heavy atom. The van der Waals surface area contributed by atoms with Crippen LogP contribution in [0.3, 0.4) is 0 Å². The number of nitrogens with zero attached hydrogens (tertiary/aromatic N) is 1. The Morgan fingerprint density at radius 2 is 1.58 bits per heavy atom. The summed E-state index contributed by atoms with van der Waals surface area (Å²) >= 11 is 0. The fourth-order valence-corrected chi connectivity index (χ4v) is 7.16. The third-order valence-corrected chi connectivity index (χ3v) is 8.66. The van der Waals surface area contributed by atoms with Gasteiger partial charge >= 0.3 is 11.8 Å². The van der Waals surface area contributed by atoms with E-state index in [0.717, 1.165) is 61.6 Å². The molecule has 2 N–H and O–H groups in total. The SMILES string of the molecule is Cc1cc(C)c(S(=O)(=O)N2CCCCC2CCNC(=O)C(=O)NC2CCCC2)c(C)c1. The van der Waals surface area contributed by atoms with Crippen molar-refractivity contribution in [3.63, 3.8) is 0 Å². The van der Waals surface area contributed by atoms with Crippen molar-refractivity contribution < 1.29 is 18.0 Å². The van der Waals surface area contributed by atoms with Gasteiger partial charge in [-0.1, -0.05) is 37.0 Å². The third kappa shape index (κ3) is 5.66. The average Bonchev–Trinajstić information content (AvgIpc) is 3.20. The highest BCUT2D eigenvalue weighted by Crippen LogP contribution is 2.31. The normalized spacial score (nSPS) is 20.5. The molecule has 0 bridgehead atoms. The van der Waals surface area contributed by atoms with Gasteiger partial charge in [-0.2, -0.15) is 4.31 Å². The lowest BCUT2D eigenvalue weighted by molar-refractivity contribution is -0.139. The van der Waals surface area contributed by atoms with E-state index in [1.807, 2.05) is 32.9 Å². The smallest absolute Gasteiger partial charge is 0.309 e. The van der Waals surface area contributed by atoms with Crippen molar-refractivity contribution in [2.45, 2.75) is 89.1 Å². The molecule has 1 aromatic carbocycles. The Labute approximate surface area is 186 Å². The van der Waals surface area contributed by atoms with E-state index < -0.39 is 21.8 Å². The molecular weight excluding hydrogens is 414 g/mol. The number of amides is 2. The molecule has 1 saturated heterocycles. The highest BCUT2D eigenvalue weighted by molar-refractivity contribution is 7.89. The third-order valence-electron chi connectivity index (χ3n) is 6.40. The maximum atomic E-state index is 13.5. The van der Waals surface area contributed by atoms with Crippen molar-refractivity contribution >= 4 is 21.8 Å². The van der Waals surface area contributed by atoms with Crippen LogP contribution in [0.4, 0.5) is 0 Å². The molecule has 7 nitrogen and oxygen atoms in total. The van der Waals surface area contributed by atoms with Gasteiger partial charge in [-0.3, -0.25) is 9.59 Å². The monoisotopic (exact) mass is 449 g/mol. The van der Waals surface area contributed by atoms with Crippen molar-refractivity contribution in [3.8, 4) is 0 Å². The summed E-state index contributed by atoms with van der Waals surface area (Å²) in [4.78, 5) is 24.6. The molecule has 0 spiro atoms. The van der Waals surface area contributed by atoms with Gasteiger partial charge in [-0.15, -0.1) is 0 Å². The second kappa shape index (κ2) is 10.1. The topological polar surface area (TPSA) is 95.6 Å². The zero-order chi connectivity index (χ0) is 22.6. The summed E-state index contributed by atoms with van der Waals surface area (Å²) in [5, 5.41) is 5.45. The molecule has 1 aliphatic heterocycles. The molecule has 2 fully saturated rings. The van der Waals surface area contributed by atoms with Crippen molar-refractivity contribution in [1.82, 2.24) is 14.9 Å². The first-order chi connectivity index (χ1) is 14.7. The molecule has 1 aromatic rings. The maximum absolute atomic E-state index is 13.5. The molecule has 1 saturated carbocycles. The van der Waals surface area contributed by atoms with Crippen LogP contribution in [-0.2, 0) is 19.6 Å². The Bertz CT molecular complexity index is 900. The van der Waals surface area contributed by atoms with Crippen molar-refractivity contribution in [2.24, 2.45) is 0 Å². The number of carbonyl (C=O) groups excluding carboxylic acids is 2. The highest BCUT2D eigenvalue weighted by Gasteiger charge is 2.35. The number of nitrogens with one attached hydrogen (secondary N) is 2. The van der Waals surface area contributed by atoms with Crippen molar-refractivity contribution in [1.29, 1.82) is 0 Å². The van der Waals surface area contributed by atoms with Crippen LogP contribution in [0.15, 0.2) is 17.0 Å². The predicted octanol–water partition coefficient (Wildman–Crippen LogP) is 2.72. The van der Waals surface area contributed by atoms with Gasteiger partial charge in [-0.05, 0) is 64.0 Å². The number of rotatable bonds is 6. The molecule has 0 aromatic heterocycles. The molecule has 2 aliphatic rings. The van der Waals surface area contributed by atoms with Crippen LogP contribution in [0, 0.1) is 20.8 Å². The highest BCUT2D eigenvalue weighted by atomic mass is 32.2. The molecule has 172 valence electrons. The Balaban J connectivity index is 1.63. The van der Waals surface area contributed by atoms with E-state index in [-0.39, 0.29) is 18.6 Å². The molecule has 3 rings (SSSR count). The lowest BCUT2D eigenvalue weighted by Crippen LogP contribution is -2.47. The van der Waals surface area contributed by atoms with Crippen LogP contribution in [0.1, 0.15) is 68.1 Å². The Kier molecular flexibility index (Phi) is 7.75. The zero-order valence-corrected chi connectivity index (χ0v) is 19.7. The lowest BCUT2D eigenvalue weighted by Gasteiger charge is -2.35. The molecule has 1 aliphatic carbocycles. The molecular formula is C23H35N3O4S. The van der Waals surface area contributed by atoms with Gasteiger partial charge in [0.1, 0.15) is 0 Å². The van der Waals surface area contributed by atoms with Gasteiger partial charge in [0.05, 0.1) is 4.90 Å². The van der Waals surface area contributed by atoms with Crippen LogP contribution in [0.5, 0.6) is 0 Å². The zero-order valence-electron chi connectivity index (χ0n) is 18.9. The molecule has 0 radical (unpaired) electrons. The minimum Gasteiger partial charge on any atom is -0.348 e. The molecule has 2 amide bonds. The van der Waals surface area contributed by atoms with Gasteiger partial charge in [0.25, 0.3) is 0 Å². The Morgan fingerprint density at radius 1 is 0.968 bits per heavy atom. The van der Waals surface area contributed by atoms with E-state index >= 15 is 0 Å². The average molecular weight is 450 g/mol. The molecule has 1 heterocycles. The summed E-state index contributed by atoms with van der Waals surface area (Å²) in [5.74, 6) is -1.23. The van der Waals surface area contributed by atoms with Gasteiger partial charge < -0.3 is 10.6 Å². The van der Waals surface area contributed by atoms with E-state index in [1.165, 1.54) is 0 Å². The summed E-state index contributed by atoms with van der Waals surface area (Å²) in [6, 6.07) is 3.72. The molecule has 1 atom stereocenters. The van der Waals surface area contributed by atoms with Gasteiger partial charge in [-0.25, -0.2) is 8.42 Å². The summed E-state index contributed by atoms with van der Waals surface area (Å²) < 4.78 is 28.7. The van der Waals surface area contributed by atoms with E-state index in [9.17, 15) is 18.0 Å². The first-order valence-electron chi connectivity index (χ1n) is 11.4. The number of carbonyl (C=O) groups is 2. The number of hydrogen-bond donors (Lipinski definition) is 2. The van der Waals surface area contributed by atoms with Gasteiger partial charge in [0.15, 0.2) is 0 Å². The van der Waals surface area contributed by atoms with Gasteiger partial charge in [0, 0.05) is 25.2 Å². The van der Waals surface area contributed by atoms with Crippen molar-refractivity contribution in [3.05, 3.63) is 28.8 Å². The van der Waals surface area contributed by atoms with Crippen LogP contribution in [0.2, 0.25) is 0 Å². The first kappa shape index (κ1) is 23.7. The first-order valence-corrected chi connectivity index (χ1v) is 12.8. The van der Waals surface area contributed by atoms with E-state index in [4.69, 9.17) is 0 Å². The standard InChI is InChI=1S/C23H35N3O4S/c1-16-14-17(2)21(18(3)15-16)31(29,30)26-13-7-6-10-20(26)11-12-24-22(27)23(28)25-19-8-4-5-9-19/h14-15,19-20H,4-13H2,1-3H3,(H,24,27)(H,25,28). The summed E-state index contributed by atoms with van der Waals surface area (Å²) in [7, 11) is -3.63. The van der Waals surface area contributed by atoms with E-state index in [0.29, 0.717) is 17.9 Å². The largest absolute Gasteiger partial charge is 0.348 e. The number of benzene rings is 1.